The second-order valence-corrected chi connectivity index (χ2v) is 6.23. The molecule has 26 heavy (non-hydrogen) atoms. The summed E-state index contributed by atoms with van der Waals surface area (Å²) >= 11 is 0. The van der Waals surface area contributed by atoms with Crippen molar-refractivity contribution in [1.29, 1.82) is 0 Å². The number of benzene rings is 2. The summed E-state index contributed by atoms with van der Waals surface area (Å²) in [5.41, 5.74) is 2.32. The molecule has 3 N–H and O–H groups in total. The predicted molar refractivity (Wildman–Crippen MR) is 100 cm³/mol. The third-order valence-corrected chi connectivity index (χ3v) is 4.11. The molecule has 1 aliphatic carbocycles. The predicted octanol–water partition coefficient (Wildman–Crippen LogP) is 3.04. The highest BCUT2D eigenvalue weighted by Crippen LogP contribution is 2.30. The van der Waals surface area contributed by atoms with Gasteiger partial charge in [0.05, 0.1) is 0 Å². The zero-order valence-electron chi connectivity index (χ0n) is 14.5. The van der Waals surface area contributed by atoms with E-state index in [0.29, 0.717) is 29.0 Å². The number of carbonyl (C=O) groups is 3. The Labute approximate surface area is 152 Å². The van der Waals surface area contributed by atoms with Gasteiger partial charge in [-0.25, -0.2) is 0 Å². The lowest BCUT2D eigenvalue weighted by Crippen LogP contribution is -2.22. The Morgan fingerprint density at radius 2 is 1.31 bits per heavy atom. The van der Waals surface area contributed by atoms with Gasteiger partial charge >= 0.3 is 0 Å². The fourth-order valence-electron chi connectivity index (χ4n) is 2.47. The van der Waals surface area contributed by atoms with E-state index in [1.54, 1.807) is 48.5 Å². The fraction of sp³-hybridized carbons (Fsp3) is 0.250. The molecular formula is C20H21N3O3. The van der Waals surface area contributed by atoms with Crippen LogP contribution < -0.4 is 16.0 Å². The van der Waals surface area contributed by atoms with Crippen molar-refractivity contribution in [2.24, 2.45) is 5.92 Å². The molecule has 0 radical (unpaired) electrons. The van der Waals surface area contributed by atoms with Crippen LogP contribution in [0.1, 0.15) is 40.5 Å². The van der Waals surface area contributed by atoms with Crippen LogP contribution >= 0.6 is 0 Å². The molecule has 3 amide bonds. The minimum absolute atomic E-state index is 0.0365. The van der Waals surface area contributed by atoms with Crippen molar-refractivity contribution in [1.82, 2.24) is 5.32 Å². The van der Waals surface area contributed by atoms with Crippen LogP contribution in [0.3, 0.4) is 0 Å². The Hall–Kier alpha value is -3.15. The molecule has 0 saturated heterocycles. The van der Waals surface area contributed by atoms with E-state index in [9.17, 15) is 14.4 Å². The first-order valence-corrected chi connectivity index (χ1v) is 8.67. The Kier molecular flexibility index (Phi) is 5.31. The molecule has 2 aromatic rings. The second kappa shape index (κ2) is 7.82. The van der Waals surface area contributed by atoms with Crippen LogP contribution in [0.4, 0.5) is 11.4 Å². The van der Waals surface area contributed by atoms with Gasteiger partial charge in [-0.05, 0) is 68.3 Å². The average molecular weight is 351 g/mol. The standard InChI is InChI=1S/C20H21N3O3/c1-2-21-18(24)13-5-9-16(10-6-13)23-20(26)15-7-11-17(12-8-15)22-19(25)14-3-4-14/h5-12,14H,2-4H2,1H3,(H,21,24)(H,22,25)(H,23,26). The highest BCUT2D eigenvalue weighted by atomic mass is 16.2. The second-order valence-electron chi connectivity index (χ2n) is 6.23. The SMILES string of the molecule is CCNC(=O)c1ccc(NC(=O)c2ccc(NC(=O)C3CC3)cc2)cc1. The van der Waals surface area contributed by atoms with Crippen LogP contribution in [0.5, 0.6) is 0 Å². The van der Waals surface area contributed by atoms with E-state index >= 15 is 0 Å². The molecule has 1 saturated carbocycles. The molecule has 6 heteroatoms. The lowest BCUT2D eigenvalue weighted by Gasteiger charge is -2.08. The van der Waals surface area contributed by atoms with E-state index in [2.05, 4.69) is 16.0 Å². The topological polar surface area (TPSA) is 87.3 Å². The fourth-order valence-corrected chi connectivity index (χ4v) is 2.47. The van der Waals surface area contributed by atoms with E-state index < -0.39 is 0 Å². The van der Waals surface area contributed by atoms with Crippen molar-refractivity contribution >= 4 is 29.1 Å². The molecule has 0 atom stereocenters. The number of hydrogen-bond acceptors (Lipinski definition) is 3. The number of hydrogen-bond donors (Lipinski definition) is 3. The first kappa shape index (κ1) is 17.7. The summed E-state index contributed by atoms with van der Waals surface area (Å²) in [5, 5.41) is 8.35. The van der Waals surface area contributed by atoms with Gasteiger partial charge in [0.15, 0.2) is 0 Å². The summed E-state index contributed by atoms with van der Waals surface area (Å²) in [4.78, 5) is 35.8. The summed E-state index contributed by atoms with van der Waals surface area (Å²) < 4.78 is 0. The molecule has 3 rings (SSSR count). The quantitative estimate of drug-likeness (QED) is 0.747. The zero-order valence-corrected chi connectivity index (χ0v) is 14.5. The summed E-state index contributed by atoms with van der Waals surface area (Å²) in [6.07, 6.45) is 1.90. The molecule has 0 heterocycles. The van der Waals surface area contributed by atoms with Gasteiger partial charge in [0.2, 0.25) is 5.91 Å². The first-order chi connectivity index (χ1) is 12.6. The Morgan fingerprint density at radius 1 is 0.808 bits per heavy atom. The molecule has 134 valence electrons. The minimum Gasteiger partial charge on any atom is -0.352 e. The average Bonchev–Trinajstić information content (AvgIpc) is 3.48. The van der Waals surface area contributed by atoms with Gasteiger partial charge in [-0.15, -0.1) is 0 Å². The van der Waals surface area contributed by atoms with Crippen LogP contribution in [-0.4, -0.2) is 24.3 Å². The van der Waals surface area contributed by atoms with E-state index in [-0.39, 0.29) is 23.6 Å². The molecular weight excluding hydrogens is 330 g/mol. The molecule has 0 bridgehead atoms. The van der Waals surface area contributed by atoms with Crippen LogP contribution in [0.2, 0.25) is 0 Å². The summed E-state index contributed by atoms with van der Waals surface area (Å²) in [6.45, 7) is 2.42. The third-order valence-electron chi connectivity index (χ3n) is 4.11. The van der Waals surface area contributed by atoms with Gasteiger partial charge in [0.1, 0.15) is 0 Å². The van der Waals surface area contributed by atoms with E-state index in [0.717, 1.165) is 12.8 Å². The molecule has 0 aliphatic heterocycles. The molecule has 2 aromatic carbocycles. The van der Waals surface area contributed by atoms with Crippen molar-refractivity contribution in [3.8, 4) is 0 Å². The van der Waals surface area contributed by atoms with Gasteiger partial charge < -0.3 is 16.0 Å². The van der Waals surface area contributed by atoms with Crippen LogP contribution in [0.25, 0.3) is 0 Å². The number of anilines is 2. The monoisotopic (exact) mass is 351 g/mol. The van der Waals surface area contributed by atoms with Gasteiger partial charge in [0, 0.05) is 35.0 Å². The number of amides is 3. The van der Waals surface area contributed by atoms with Gasteiger partial charge in [-0.1, -0.05) is 0 Å². The lowest BCUT2D eigenvalue weighted by molar-refractivity contribution is -0.117. The molecule has 6 nitrogen and oxygen atoms in total. The summed E-state index contributed by atoms with van der Waals surface area (Å²) in [6, 6.07) is 13.5. The maximum absolute atomic E-state index is 12.3. The minimum atomic E-state index is -0.254. The highest BCUT2D eigenvalue weighted by molar-refractivity contribution is 6.05. The number of rotatable bonds is 6. The van der Waals surface area contributed by atoms with E-state index in [4.69, 9.17) is 0 Å². The number of carbonyl (C=O) groups excluding carboxylic acids is 3. The number of nitrogens with one attached hydrogen (secondary N) is 3. The lowest BCUT2D eigenvalue weighted by atomic mass is 10.1. The normalized spacial score (nSPS) is 13.0. The summed E-state index contributed by atoms with van der Waals surface area (Å²) in [7, 11) is 0. The van der Waals surface area contributed by atoms with Crippen LogP contribution in [0, 0.1) is 5.92 Å². The van der Waals surface area contributed by atoms with Gasteiger partial charge in [-0.3, -0.25) is 14.4 Å². The zero-order chi connectivity index (χ0) is 18.5. The van der Waals surface area contributed by atoms with Crippen molar-refractivity contribution in [3.05, 3.63) is 59.7 Å². The molecule has 1 fully saturated rings. The maximum atomic E-state index is 12.3. The Morgan fingerprint density at radius 3 is 1.81 bits per heavy atom. The van der Waals surface area contributed by atoms with Crippen molar-refractivity contribution in [2.75, 3.05) is 17.2 Å². The van der Waals surface area contributed by atoms with E-state index in [1.165, 1.54) is 0 Å². The van der Waals surface area contributed by atoms with Crippen LogP contribution in [-0.2, 0) is 4.79 Å². The van der Waals surface area contributed by atoms with Gasteiger partial charge in [0.25, 0.3) is 11.8 Å². The van der Waals surface area contributed by atoms with Crippen molar-refractivity contribution in [3.63, 3.8) is 0 Å². The van der Waals surface area contributed by atoms with Gasteiger partial charge in [-0.2, -0.15) is 0 Å². The molecule has 0 aromatic heterocycles. The smallest absolute Gasteiger partial charge is 0.255 e. The maximum Gasteiger partial charge on any atom is 0.255 e. The van der Waals surface area contributed by atoms with Crippen molar-refractivity contribution in [2.45, 2.75) is 19.8 Å². The summed E-state index contributed by atoms with van der Waals surface area (Å²) in [5.74, 6) is -0.222. The largest absolute Gasteiger partial charge is 0.352 e. The molecule has 0 unspecified atom stereocenters. The van der Waals surface area contributed by atoms with Crippen molar-refractivity contribution < 1.29 is 14.4 Å². The van der Waals surface area contributed by atoms with Crippen LogP contribution in [0.15, 0.2) is 48.5 Å². The van der Waals surface area contributed by atoms with E-state index in [1.807, 2.05) is 6.92 Å². The Balaban J connectivity index is 1.58. The first-order valence-electron chi connectivity index (χ1n) is 8.67. The highest BCUT2D eigenvalue weighted by Gasteiger charge is 2.29. The Bertz CT molecular complexity index is 809. The molecule has 1 aliphatic rings. The third kappa shape index (κ3) is 4.47. The molecule has 0 spiro atoms.